The SMILES string of the molecule is Cc1c(C(=O)NCCCCc2ccncc2)nn(C)c1-c1ccccc1. The smallest absolute Gasteiger partial charge is 0.272 e. The van der Waals surface area contributed by atoms with E-state index in [0.717, 1.165) is 36.1 Å². The maximum absolute atomic E-state index is 12.5. The summed E-state index contributed by atoms with van der Waals surface area (Å²) in [5, 5.41) is 7.42. The van der Waals surface area contributed by atoms with Gasteiger partial charge in [-0.15, -0.1) is 0 Å². The first-order chi connectivity index (χ1) is 12.7. The Morgan fingerprint density at radius 2 is 1.81 bits per heavy atom. The molecule has 2 heterocycles. The lowest BCUT2D eigenvalue weighted by atomic mass is 10.1. The van der Waals surface area contributed by atoms with Gasteiger partial charge in [-0.1, -0.05) is 30.3 Å². The maximum Gasteiger partial charge on any atom is 0.272 e. The number of nitrogens with zero attached hydrogens (tertiary/aromatic N) is 3. The minimum Gasteiger partial charge on any atom is -0.351 e. The Hall–Kier alpha value is -2.95. The molecule has 1 aromatic carbocycles. The van der Waals surface area contributed by atoms with Crippen molar-refractivity contribution in [3.05, 3.63) is 71.7 Å². The first-order valence-corrected chi connectivity index (χ1v) is 8.93. The van der Waals surface area contributed by atoms with Gasteiger partial charge in [0.1, 0.15) is 0 Å². The summed E-state index contributed by atoms with van der Waals surface area (Å²) in [4.78, 5) is 16.5. The highest BCUT2D eigenvalue weighted by atomic mass is 16.1. The molecule has 0 aliphatic heterocycles. The molecule has 0 aliphatic rings. The number of carbonyl (C=O) groups is 1. The number of carbonyl (C=O) groups excluding carboxylic acids is 1. The summed E-state index contributed by atoms with van der Waals surface area (Å²) in [5.74, 6) is -0.107. The third kappa shape index (κ3) is 4.17. The van der Waals surface area contributed by atoms with Gasteiger partial charge in [-0.05, 0) is 43.9 Å². The van der Waals surface area contributed by atoms with Gasteiger partial charge in [0.25, 0.3) is 5.91 Å². The number of aromatic nitrogens is 3. The van der Waals surface area contributed by atoms with Gasteiger partial charge in [0.05, 0.1) is 5.69 Å². The van der Waals surface area contributed by atoms with Crippen molar-refractivity contribution in [2.75, 3.05) is 6.54 Å². The summed E-state index contributed by atoms with van der Waals surface area (Å²) >= 11 is 0. The lowest BCUT2D eigenvalue weighted by Crippen LogP contribution is -2.25. The minimum atomic E-state index is -0.107. The zero-order valence-corrected chi connectivity index (χ0v) is 15.3. The summed E-state index contributed by atoms with van der Waals surface area (Å²) in [6, 6.07) is 14.1. The lowest BCUT2D eigenvalue weighted by molar-refractivity contribution is 0.0946. The third-order valence-corrected chi connectivity index (χ3v) is 4.47. The van der Waals surface area contributed by atoms with Crippen molar-refractivity contribution in [3.8, 4) is 11.3 Å². The molecule has 0 atom stereocenters. The molecule has 3 aromatic rings. The van der Waals surface area contributed by atoms with E-state index in [-0.39, 0.29) is 5.91 Å². The van der Waals surface area contributed by atoms with Crippen LogP contribution in [-0.2, 0) is 13.5 Å². The van der Waals surface area contributed by atoms with Crippen molar-refractivity contribution >= 4 is 5.91 Å². The Balaban J connectivity index is 1.55. The average Bonchev–Trinajstić information content (AvgIpc) is 2.97. The van der Waals surface area contributed by atoms with Crippen molar-refractivity contribution in [2.24, 2.45) is 7.05 Å². The molecule has 0 radical (unpaired) electrons. The Labute approximate surface area is 154 Å². The molecule has 5 heteroatoms. The summed E-state index contributed by atoms with van der Waals surface area (Å²) in [6.07, 6.45) is 6.59. The van der Waals surface area contributed by atoms with Crippen LogP contribution in [0.3, 0.4) is 0 Å². The van der Waals surface area contributed by atoms with E-state index in [9.17, 15) is 4.79 Å². The van der Waals surface area contributed by atoms with Crippen LogP contribution in [0.5, 0.6) is 0 Å². The van der Waals surface area contributed by atoms with E-state index in [4.69, 9.17) is 0 Å². The van der Waals surface area contributed by atoms with Crippen LogP contribution >= 0.6 is 0 Å². The second kappa shape index (κ2) is 8.43. The van der Waals surface area contributed by atoms with Gasteiger partial charge in [-0.25, -0.2) is 0 Å². The Bertz CT molecular complexity index is 856. The summed E-state index contributed by atoms with van der Waals surface area (Å²) < 4.78 is 1.78. The molecule has 5 nitrogen and oxygen atoms in total. The van der Waals surface area contributed by atoms with E-state index < -0.39 is 0 Å². The highest BCUT2D eigenvalue weighted by Crippen LogP contribution is 2.24. The van der Waals surface area contributed by atoms with Crippen LogP contribution in [-0.4, -0.2) is 27.2 Å². The molecule has 0 bridgehead atoms. The first-order valence-electron chi connectivity index (χ1n) is 8.93. The molecule has 26 heavy (non-hydrogen) atoms. The van der Waals surface area contributed by atoms with Gasteiger partial charge in [0.2, 0.25) is 0 Å². The minimum absolute atomic E-state index is 0.107. The van der Waals surface area contributed by atoms with Crippen LogP contribution in [0.4, 0.5) is 0 Å². The van der Waals surface area contributed by atoms with E-state index in [1.54, 1.807) is 4.68 Å². The molecule has 3 rings (SSSR count). The number of pyridine rings is 1. The second-order valence-corrected chi connectivity index (χ2v) is 6.38. The van der Waals surface area contributed by atoms with Crippen LogP contribution in [0.2, 0.25) is 0 Å². The van der Waals surface area contributed by atoms with Crippen molar-refractivity contribution in [3.63, 3.8) is 0 Å². The number of unbranched alkanes of at least 4 members (excludes halogenated alkanes) is 1. The van der Waals surface area contributed by atoms with Gasteiger partial charge >= 0.3 is 0 Å². The molecule has 134 valence electrons. The molecule has 0 saturated heterocycles. The number of hydrogen-bond acceptors (Lipinski definition) is 3. The summed E-state index contributed by atoms with van der Waals surface area (Å²) in [7, 11) is 1.88. The molecular formula is C21H24N4O. The van der Waals surface area contributed by atoms with Gasteiger partial charge in [0.15, 0.2) is 5.69 Å². The molecule has 0 saturated carbocycles. The Kier molecular flexibility index (Phi) is 5.79. The fourth-order valence-electron chi connectivity index (χ4n) is 3.13. The Morgan fingerprint density at radius 1 is 1.08 bits per heavy atom. The third-order valence-electron chi connectivity index (χ3n) is 4.47. The molecule has 1 amide bonds. The molecule has 0 spiro atoms. The van der Waals surface area contributed by atoms with E-state index in [1.807, 2.05) is 68.8 Å². The van der Waals surface area contributed by atoms with Gasteiger partial charge in [0, 0.05) is 37.1 Å². The normalized spacial score (nSPS) is 10.7. The lowest BCUT2D eigenvalue weighted by Gasteiger charge is -2.05. The van der Waals surface area contributed by atoms with Crippen molar-refractivity contribution in [1.29, 1.82) is 0 Å². The quantitative estimate of drug-likeness (QED) is 0.664. The van der Waals surface area contributed by atoms with Crippen molar-refractivity contribution < 1.29 is 4.79 Å². The number of amides is 1. The summed E-state index contributed by atoms with van der Waals surface area (Å²) in [5.41, 5.74) is 4.73. The largest absolute Gasteiger partial charge is 0.351 e. The number of aryl methyl sites for hydroxylation is 2. The van der Waals surface area contributed by atoms with Crippen molar-refractivity contribution in [2.45, 2.75) is 26.2 Å². The fourth-order valence-corrected chi connectivity index (χ4v) is 3.13. The number of nitrogens with one attached hydrogen (secondary N) is 1. The highest BCUT2D eigenvalue weighted by molar-refractivity contribution is 5.95. The molecule has 2 aromatic heterocycles. The second-order valence-electron chi connectivity index (χ2n) is 6.38. The van der Waals surface area contributed by atoms with E-state index in [1.165, 1.54) is 5.56 Å². The van der Waals surface area contributed by atoms with E-state index >= 15 is 0 Å². The van der Waals surface area contributed by atoms with E-state index in [2.05, 4.69) is 15.4 Å². The predicted molar refractivity (Wildman–Crippen MR) is 103 cm³/mol. The fraction of sp³-hybridized carbons (Fsp3) is 0.286. The monoisotopic (exact) mass is 348 g/mol. The van der Waals surface area contributed by atoms with Crippen LogP contribution in [0.15, 0.2) is 54.9 Å². The average molecular weight is 348 g/mol. The molecular weight excluding hydrogens is 324 g/mol. The Morgan fingerprint density at radius 3 is 2.54 bits per heavy atom. The van der Waals surface area contributed by atoms with Crippen molar-refractivity contribution in [1.82, 2.24) is 20.1 Å². The molecule has 0 unspecified atom stereocenters. The van der Waals surface area contributed by atoms with Crippen LogP contribution in [0, 0.1) is 6.92 Å². The van der Waals surface area contributed by atoms with Gasteiger partial charge in [-0.3, -0.25) is 14.5 Å². The van der Waals surface area contributed by atoms with Gasteiger partial charge < -0.3 is 5.32 Å². The number of benzene rings is 1. The van der Waals surface area contributed by atoms with Crippen LogP contribution in [0.1, 0.15) is 34.5 Å². The van der Waals surface area contributed by atoms with Crippen LogP contribution < -0.4 is 5.32 Å². The zero-order valence-electron chi connectivity index (χ0n) is 15.3. The zero-order chi connectivity index (χ0) is 18.4. The molecule has 0 aliphatic carbocycles. The summed E-state index contributed by atoms with van der Waals surface area (Å²) in [6.45, 7) is 2.61. The number of rotatable bonds is 7. The molecule has 0 fully saturated rings. The number of hydrogen-bond donors (Lipinski definition) is 1. The standard InChI is InChI=1S/C21H24N4O/c1-16-19(24-25(2)20(16)18-9-4-3-5-10-18)21(26)23-13-7-6-8-17-11-14-22-15-12-17/h3-5,9-12,14-15H,6-8,13H2,1-2H3,(H,23,26). The van der Waals surface area contributed by atoms with Crippen LogP contribution in [0.25, 0.3) is 11.3 Å². The highest BCUT2D eigenvalue weighted by Gasteiger charge is 2.19. The van der Waals surface area contributed by atoms with Gasteiger partial charge in [-0.2, -0.15) is 5.10 Å². The first kappa shape index (κ1) is 17.9. The van der Waals surface area contributed by atoms with E-state index in [0.29, 0.717) is 12.2 Å². The maximum atomic E-state index is 12.5. The molecule has 1 N–H and O–H groups in total. The predicted octanol–water partition coefficient (Wildman–Crippen LogP) is 3.54. The topological polar surface area (TPSA) is 59.8 Å².